The van der Waals surface area contributed by atoms with Crippen LogP contribution in [0, 0.1) is 6.92 Å². The van der Waals surface area contributed by atoms with Crippen LogP contribution in [-0.2, 0) is 11.2 Å². The number of nitrogens with zero attached hydrogens (tertiary/aromatic N) is 1. The summed E-state index contributed by atoms with van der Waals surface area (Å²) in [5.41, 5.74) is 1.18. The predicted molar refractivity (Wildman–Crippen MR) is 42.0 cm³/mol. The lowest BCUT2D eigenvalue weighted by molar-refractivity contribution is -0.136. The Morgan fingerprint density at radius 2 is 2.33 bits per heavy atom. The summed E-state index contributed by atoms with van der Waals surface area (Å²) in [6, 6.07) is 1.49. The number of pyridine rings is 1. The van der Waals surface area contributed by atoms with Gasteiger partial charge in [0.25, 0.3) is 0 Å². The molecular formula is C8H9NO3. The number of aromatic hydroxyl groups is 1. The molecular weight excluding hydrogens is 158 g/mol. The summed E-state index contributed by atoms with van der Waals surface area (Å²) in [7, 11) is 0. The van der Waals surface area contributed by atoms with Crippen LogP contribution >= 0.6 is 0 Å². The van der Waals surface area contributed by atoms with Crippen molar-refractivity contribution in [2.45, 2.75) is 13.3 Å². The van der Waals surface area contributed by atoms with Crippen LogP contribution in [0.5, 0.6) is 5.75 Å². The SMILES string of the molecule is Cc1cc(O)cnc1CC(=O)O. The maximum absolute atomic E-state index is 10.3. The molecule has 1 aromatic rings. The third kappa shape index (κ3) is 1.95. The number of aliphatic carboxylic acids is 1. The van der Waals surface area contributed by atoms with E-state index in [1.165, 1.54) is 12.3 Å². The molecule has 0 aliphatic heterocycles. The van der Waals surface area contributed by atoms with Crippen LogP contribution in [0.3, 0.4) is 0 Å². The number of hydrogen-bond acceptors (Lipinski definition) is 3. The van der Waals surface area contributed by atoms with E-state index in [9.17, 15) is 4.79 Å². The lowest BCUT2D eigenvalue weighted by atomic mass is 10.1. The molecule has 0 bridgehead atoms. The average molecular weight is 167 g/mol. The second kappa shape index (κ2) is 3.21. The van der Waals surface area contributed by atoms with Gasteiger partial charge >= 0.3 is 5.97 Å². The normalized spacial score (nSPS) is 9.75. The number of carboxylic acids is 1. The third-order valence-corrected chi connectivity index (χ3v) is 1.49. The van der Waals surface area contributed by atoms with E-state index in [1.807, 2.05) is 0 Å². The Hall–Kier alpha value is -1.58. The fourth-order valence-corrected chi connectivity index (χ4v) is 0.917. The molecule has 0 aromatic carbocycles. The number of aryl methyl sites for hydroxylation is 1. The van der Waals surface area contributed by atoms with Crippen molar-refractivity contribution in [1.82, 2.24) is 4.98 Å². The van der Waals surface area contributed by atoms with Crippen LogP contribution in [0.2, 0.25) is 0 Å². The first-order valence-electron chi connectivity index (χ1n) is 3.46. The molecule has 64 valence electrons. The van der Waals surface area contributed by atoms with Crippen molar-refractivity contribution in [2.24, 2.45) is 0 Å². The Bertz CT molecular complexity index is 309. The quantitative estimate of drug-likeness (QED) is 0.681. The number of aromatic nitrogens is 1. The van der Waals surface area contributed by atoms with Gasteiger partial charge in [0.2, 0.25) is 0 Å². The topological polar surface area (TPSA) is 70.4 Å². The van der Waals surface area contributed by atoms with Gasteiger partial charge in [0.15, 0.2) is 0 Å². The van der Waals surface area contributed by atoms with Crippen molar-refractivity contribution in [1.29, 1.82) is 0 Å². The molecule has 12 heavy (non-hydrogen) atoms. The maximum Gasteiger partial charge on any atom is 0.309 e. The molecule has 0 amide bonds. The summed E-state index contributed by atoms with van der Waals surface area (Å²) >= 11 is 0. The molecule has 0 radical (unpaired) electrons. The van der Waals surface area contributed by atoms with Gasteiger partial charge in [0.1, 0.15) is 5.75 Å². The zero-order valence-corrected chi connectivity index (χ0v) is 6.61. The number of carboxylic acid groups (broad SMARTS) is 1. The van der Waals surface area contributed by atoms with Gasteiger partial charge in [-0.2, -0.15) is 0 Å². The molecule has 1 heterocycles. The number of hydrogen-bond donors (Lipinski definition) is 2. The summed E-state index contributed by atoms with van der Waals surface area (Å²) < 4.78 is 0. The average Bonchev–Trinajstić information content (AvgIpc) is 1.94. The lowest BCUT2D eigenvalue weighted by Crippen LogP contribution is -2.03. The predicted octanol–water partition coefficient (Wildman–Crippen LogP) is 0.723. The van der Waals surface area contributed by atoms with Crippen molar-refractivity contribution in [2.75, 3.05) is 0 Å². The van der Waals surface area contributed by atoms with E-state index < -0.39 is 5.97 Å². The van der Waals surface area contributed by atoms with E-state index in [0.29, 0.717) is 11.3 Å². The number of rotatable bonds is 2. The van der Waals surface area contributed by atoms with Crippen LogP contribution < -0.4 is 0 Å². The third-order valence-electron chi connectivity index (χ3n) is 1.49. The van der Waals surface area contributed by atoms with E-state index in [-0.39, 0.29) is 12.2 Å². The standard InChI is InChI=1S/C8H9NO3/c1-5-2-6(10)4-9-7(5)3-8(11)12/h2,4,10H,3H2,1H3,(H,11,12). The highest BCUT2D eigenvalue weighted by Gasteiger charge is 2.05. The van der Waals surface area contributed by atoms with Crippen LogP contribution in [0.15, 0.2) is 12.3 Å². The highest BCUT2D eigenvalue weighted by Crippen LogP contribution is 2.12. The molecule has 0 fully saturated rings. The smallest absolute Gasteiger partial charge is 0.309 e. The minimum Gasteiger partial charge on any atom is -0.506 e. The molecule has 0 aliphatic carbocycles. The van der Waals surface area contributed by atoms with Gasteiger partial charge in [-0.25, -0.2) is 0 Å². The molecule has 0 aliphatic rings. The molecule has 1 aromatic heterocycles. The molecule has 1 rings (SSSR count). The minimum atomic E-state index is -0.920. The fraction of sp³-hybridized carbons (Fsp3) is 0.250. The first kappa shape index (κ1) is 8.52. The molecule has 0 saturated carbocycles. The van der Waals surface area contributed by atoms with Crippen molar-refractivity contribution in [3.8, 4) is 5.75 Å². The van der Waals surface area contributed by atoms with Crippen LogP contribution in [0.1, 0.15) is 11.3 Å². The van der Waals surface area contributed by atoms with Crippen molar-refractivity contribution >= 4 is 5.97 Å². The minimum absolute atomic E-state index is 0.0571. The lowest BCUT2D eigenvalue weighted by Gasteiger charge is -2.01. The summed E-state index contributed by atoms with van der Waals surface area (Å²) in [4.78, 5) is 14.1. The van der Waals surface area contributed by atoms with Gasteiger partial charge in [-0.05, 0) is 18.6 Å². The Balaban J connectivity index is 2.93. The van der Waals surface area contributed by atoms with E-state index in [2.05, 4.69) is 4.98 Å². The molecule has 0 saturated heterocycles. The van der Waals surface area contributed by atoms with E-state index in [4.69, 9.17) is 10.2 Å². The van der Waals surface area contributed by atoms with Gasteiger partial charge < -0.3 is 10.2 Å². The monoisotopic (exact) mass is 167 g/mol. The van der Waals surface area contributed by atoms with Gasteiger partial charge in [-0.15, -0.1) is 0 Å². The van der Waals surface area contributed by atoms with Crippen molar-refractivity contribution in [3.05, 3.63) is 23.5 Å². The summed E-state index contributed by atoms with van der Waals surface area (Å²) in [6.07, 6.45) is 1.14. The van der Waals surface area contributed by atoms with Gasteiger partial charge in [-0.3, -0.25) is 9.78 Å². The molecule has 0 spiro atoms. The van der Waals surface area contributed by atoms with E-state index >= 15 is 0 Å². The van der Waals surface area contributed by atoms with Gasteiger partial charge in [0, 0.05) is 0 Å². The first-order chi connectivity index (χ1) is 5.59. The Labute approximate surface area is 69.5 Å². The Kier molecular flexibility index (Phi) is 2.28. The van der Waals surface area contributed by atoms with Gasteiger partial charge in [-0.1, -0.05) is 0 Å². The van der Waals surface area contributed by atoms with Crippen LogP contribution in [0.25, 0.3) is 0 Å². The molecule has 4 heteroatoms. The molecule has 4 nitrogen and oxygen atoms in total. The fourth-order valence-electron chi connectivity index (χ4n) is 0.917. The Morgan fingerprint density at radius 1 is 1.67 bits per heavy atom. The highest BCUT2D eigenvalue weighted by atomic mass is 16.4. The van der Waals surface area contributed by atoms with E-state index in [0.717, 1.165) is 0 Å². The van der Waals surface area contributed by atoms with Crippen molar-refractivity contribution in [3.63, 3.8) is 0 Å². The Morgan fingerprint density at radius 3 is 2.83 bits per heavy atom. The van der Waals surface area contributed by atoms with Crippen molar-refractivity contribution < 1.29 is 15.0 Å². The maximum atomic E-state index is 10.3. The highest BCUT2D eigenvalue weighted by molar-refractivity contribution is 5.70. The van der Waals surface area contributed by atoms with Gasteiger partial charge in [0.05, 0.1) is 18.3 Å². The van der Waals surface area contributed by atoms with Crippen LogP contribution in [0.4, 0.5) is 0 Å². The van der Waals surface area contributed by atoms with E-state index in [1.54, 1.807) is 6.92 Å². The molecule has 0 unspecified atom stereocenters. The summed E-state index contributed by atoms with van der Waals surface area (Å²) in [6.45, 7) is 1.71. The first-order valence-corrected chi connectivity index (χ1v) is 3.46. The zero-order valence-electron chi connectivity index (χ0n) is 6.61. The second-order valence-corrected chi connectivity index (χ2v) is 2.53. The summed E-state index contributed by atoms with van der Waals surface area (Å²) in [5.74, 6) is -0.863. The largest absolute Gasteiger partial charge is 0.506 e. The summed E-state index contributed by atoms with van der Waals surface area (Å²) in [5, 5.41) is 17.4. The zero-order chi connectivity index (χ0) is 9.14. The van der Waals surface area contributed by atoms with Crippen LogP contribution in [-0.4, -0.2) is 21.2 Å². The molecule has 2 N–H and O–H groups in total. The molecule has 0 atom stereocenters. The number of carbonyl (C=O) groups is 1. The second-order valence-electron chi connectivity index (χ2n) is 2.53.